The van der Waals surface area contributed by atoms with E-state index >= 15 is 0 Å². The highest BCUT2D eigenvalue weighted by Gasteiger charge is 2.41. The number of ether oxygens (including phenoxy) is 2. The maximum atomic E-state index is 11.9. The zero-order valence-electron chi connectivity index (χ0n) is 24.1. The van der Waals surface area contributed by atoms with Crippen LogP contribution in [0.25, 0.3) is 0 Å². The summed E-state index contributed by atoms with van der Waals surface area (Å²) in [4.78, 5) is 14.3. The molecule has 0 aromatic heterocycles. The smallest absolute Gasteiger partial charge is 0.319 e. The van der Waals surface area contributed by atoms with Gasteiger partial charge in [0.1, 0.15) is 0 Å². The number of anilines is 1. The fourth-order valence-corrected chi connectivity index (χ4v) is 5.92. The summed E-state index contributed by atoms with van der Waals surface area (Å²) in [6.07, 6.45) is 0.318. The number of carbonyl (C=O) groups excluding carboxylic acids is 1. The van der Waals surface area contributed by atoms with Crippen LogP contribution >= 0.6 is 11.6 Å². The molecular weight excluding hydrogens is 554 g/mol. The second-order valence-corrected chi connectivity index (χ2v) is 11.7. The molecule has 2 amide bonds. The summed E-state index contributed by atoms with van der Waals surface area (Å²) < 4.78 is 13.2. The van der Waals surface area contributed by atoms with Crippen molar-refractivity contribution in [2.75, 3.05) is 31.5 Å². The predicted octanol–water partition coefficient (Wildman–Crippen LogP) is 5.75. The van der Waals surface area contributed by atoms with Crippen molar-refractivity contribution in [2.45, 2.75) is 57.4 Å². The minimum atomic E-state index is -0.868. The van der Waals surface area contributed by atoms with E-state index in [9.17, 15) is 15.0 Å². The van der Waals surface area contributed by atoms with Crippen molar-refractivity contribution in [3.05, 3.63) is 100 Å². The Kier molecular flexibility index (Phi) is 9.83. The van der Waals surface area contributed by atoms with Gasteiger partial charge in [-0.3, -0.25) is 0 Å². The number of hydrogen-bond donors (Lipinski definition) is 4. The number of nitrogens with zero attached hydrogens (tertiary/aromatic N) is 1. The van der Waals surface area contributed by atoms with Gasteiger partial charge in [0.2, 0.25) is 0 Å². The lowest BCUT2D eigenvalue weighted by Gasteiger charge is -2.45. The van der Waals surface area contributed by atoms with Gasteiger partial charge >= 0.3 is 6.03 Å². The van der Waals surface area contributed by atoms with Gasteiger partial charge in [0.15, 0.2) is 6.29 Å². The van der Waals surface area contributed by atoms with Crippen LogP contribution in [-0.2, 0) is 21.7 Å². The lowest BCUT2D eigenvalue weighted by Crippen LogP contribution is -2.49. The van der Waals surface area contributed by atoms with Crippen molar-refractivity contribution >= 4 is 23.3 Å². The molecule has 224 valence electrons. The highest BCUT2D eigenvalue weighted by Crippen LogP contribution is 2.42. The van der Waals surface area contributed by atoms with Crippen LogP contribution in [0.2, 0.25) is 5.02 Å². The first-order valence-corrected chi connectivity index (χ1v) is 15.0. The van der Waals surface area contributed by atoms with Crippen LogP contribution in [0.5, 0.6) is 0 Å². The molecule has 3 aromatic rings. The van der Waals surface area contributed by atoms with Crippen molar-refractivity contribution < 1.29 is 24.5 Å². The number of hydrogen-bond acceptors (Lipinski definition) is 6. The molecule has 3 aromatic carbocycles. The molecule has 0 bridgehead atoms. The molecular formula is C33H40ClN3O5. The molecule has 2 aliphatic heterocycles. The predicted molar refractivity (Wildman–Crippen MR) is 163 cm³/mol. The third kappa shape index (κ3) is 7.14. The molecule has 2 fully saturated rings. The quantitative estimate of drug-likeness (QED) is 0.265. The number of halogens is 1. The number of carbonyl (C=O) groups is 1. The summed E-state index contributed by atoms with van der Waals surface area (Å²) in [5.41, 5.74) is 3.46. The number of urea groups is 1. The van der Waals surface area contributed by atoms with Gasteiger partial charge in [-0.25, -0.2) is 4.79 Å². The Morgan fingerprint density at radius 1 is 0.976 bits per heavy atom. The van der Waals surface area contributed by atoms with Gasteiger partial charge < -0.3 is 35.2 Å². The van der Waals surface area contributed by atoms with E-state index in [0.717, 1.165) is 35.3 Å². The minimum absolute atomic E-state index is 0.0102. The third-order valence-electron chi connectivity index (χ3n) is 8.40. The van der Waals surface area contributed by atoms with Gasteiger partial charge in [-0.05, 0) is 60.7 Å². The van der Waals surface area contributed by atoms with Crippen LogP contribution in [0, 0.1) is 5.92 Å². The van der Waals surface area contributed by atoms with E-state index in [0.29, 0.717) is 36.6 Å². The van der Waals surface area contributed by atoms with Crippen molar-refractivity contribution in [3.8, 4) is 0 Å². The van der Waals surface area contributed by atoms with E-state index in [2.05, 4.69) is 22.5 Å². The number of piperidine rings is 1. The van der Waals surface area contributed by atoms with Crippen LogP contribution in [0.3, 0.4) is 0 Å². The summed E-state index contributed by atoms with van der Waals surface area (Å²) in [7, 11) is 0. The van der Waals surface area contributed by atoms with E-state index in [1.165, 1.54) is 0 Å². The second-order valence-electron chi connectivity index (χ2n) is 11.3. The zero-order chi connectivity index (χ0) is 29.7. The fourth-order valence-electron chi connectivity index (χ4n) is 5.80. The summed E-state index contributed by atoms with van der Waals surface area (Å²) >= 11 is 6.06. The summed E-state index contributed by atoms with van der Waals surface area (Å²) in [6.45, 7) is 6.75. The van der Waals surface area contributed by atoms with Crippen LogP contribution in [0.15, 0.2) is 72.8 Å². The lowest BCUT2D eigenvalue weighted by molar-refractivity contribution is -0.277. The fraction of sp³-hybridized carbons (Fsp3) is 0.424. The Hall–Kier alpha value is -2.98. The Balaban J connectivity index is 1.31. The van der Waals surface area contributed by atoms with E-state index in [1.807, 2.05) is 79.7 Å². The molecule has 42 heavy (non-hydrogen) atoms. The first-order chi connectivity index (χ1) is 20.3. The monoisotopic (exact) mass is 593 g/mol. The Morgan fingerprint density at radius 3 is 2.24 bits per heavy atom. The van der Waals surface area contributed by atoms with E-state index < -0.39 is 11.9 Å². The van der Waals surface area contributed by atoms with Crippen LogP contribution in [-0.4, -0.2) is 53.4 Å². The van der Waals surface area contributed by atoms with Crippen LogP contribution in [0.1, 0.15) is 61.3 Å². The van der Waals surface area contributed by atoms with Gasteiger partial charge in [0.05, 0.1) is 24.4 Å². The first kappa shape index (κ1) is 30.5. The molecule has 8 nitrogen and oxygen atoms in total. The number of likely N-dealkylation sites (tertiary alicyclic amines) is 1. The van der Waals surface area contributed by atoms with E-state index in [1.54, 1.807) is 0 Å². The summed E-state index contributed by atoms with van der Waals surface area (Å²) in [5.74, 6) is 0.0528. The van der Waals surface area contributed by atoms with Crippen molar-refractivity contribution in [1.82, 2.24) is 10.2 Å². The molecule has 0 aliphatic carbocycles. The van der Waals surface area contributed by atoms with Crippen molar-refractivity contribution in [1.29, 1.82) is 0 Å². The third-order valence-corrected chi connectivity index (χ3v) is 8.66. The maximum Gasteiger partial charge on any atom is 0.319 e. The number of amides is 2. The SMILES string of the molecule is CCNC(=O)Nc1ccc([C@H]2O[C@@H](CN3CCC(O)(c4ccc(Cl)cc4)CC3)[C@@H](C)[C@@H](c3ccc(CO)cc3)O2)cc1. The average Bonchev–Trinajstić information content (AvgIpc) is 3.00. The molecule has 5 rings (SSSR count). The number of benzene rings is 3. The van der Waals surface area contributed by atoms with E-state index in [-0.39, 0.29) is 30.8 Å². The Bertz CT molecular complexity index is 1310. The normalized spacial score (nSPS) is 24.2. The van der Waals surface area contributed by atoms with E-state index in [4.69, 9.17) is 21.1 Å². The number of aliphatic hydroxyl groups is 2. The van der Waals surface area contributed by atoms with Gasteiger partial charge in [-0.1, -0.05) is 67.1 Å². The second kappa shape index (κ2) is 13.5. The van der Waals surface area contributed by atoms with Gasteiger partial charge in [0, 0.05) is 48.4 Å². The largest absolute Gasteiger partial charge is 0.392 e. The van der Waals surface area contributed by atoms with Crippen molar-refractivity contribution in [2.24, 2.45) is 5.92 Å². The minimum Gasteiger partial charge on any atom is -0.392 e. The highest BCUT2D eigenvalue weighted by atomic mass is 35.5. The Labute approximate surface area is 252 Å². The van der Waals surface area contributed by atoms with Crippen molar-refractivity contribution in [3.63, 3.8) is 0 Å². The lowest BCUT2D eigenvalue weighted by atomic mass is 9.84. The van der Waals surface area contributed by atoms with Crippen LogP contribution in [0.4, 0.5) is 10.5 Å². The molecule has 0 saturated carbocycles. The topological polar surface area (TPSA) is 103 Å². The number of aliphatic hydroxyl groups excluding tert-OH is 1. The summed E-state index contributed by atoms with van der Waals surface area (Å²) in [5, 5.41) is 27.1. The molecule has 2 heterocycles. The molecule has 4 atom stereocenters. The average molecular weight is 594 g/mol. The molecule has 4 N–H and O–H groups in total. The standard InChI is InChI=1S/C33H40ClN3O5/c1-3-35-32(39)36-28-14-8-25(9-15-28)31-41-29(22(2)30(42-31)24-6-4-23(21-38)5-7-24)20-37-18-16-33(40,17-19-37)26-10-12-27(34)13-11-26/h4-15,22,29-31,38,40H,3,16-21H2,1-2H3,(H2,35,36,39)/t22-,29+,30+,31+/m1/s1. The van der Waals surface area contributed by atoms with Gasteiger partial charge in [-0.2, -0.15) is 0 Å². The molecule has 2 aliphatic rings. The summed E-state index contributed by atoms with van der Waals surface area (Å²) in [6, 6.07) is 22.6. The van der Waals surface area contributed by atoms with Crippen LogP contribution < -0.4 is 10.6 Å². The highest BCUT2D eigenvalue weighted by molar-refractivity contribution is 6.30. The molecule has 0 unspecified atom stereocenters. The molecule has 2 saturated heterocycles. The molecule has 9 heteroatoms. The molecule has 0 radical (unpaired) electrons. The number of nitrogens with one attached hydrogen (secondary N) is 2. The maximum absolute atomic E-state index is 11.9. The zero-order valence-corrected chi connectivity index (χ0v) is 24.9. The Morgan fingerprint density at radius 2 is 1.62 bits per heavy atom. The van der Waals surface area contributed by atoms with Gasteiger partial charge in [-0.15, -0.1) is 0 Å². The number of rotatable bonds is 8. The molecule has 0 spiro atoms. The van der Waals surface area contributed by atoms with Gasteiger partial charge in [0.25, 0.3) is 0 Å². The first-order valence-electron chi connectivity index (χ1n) is 14.6.